The van der Waals surface area contributed by atoms with Crippen molar-refractivity contribution in [2.24, 2.45) is 0 Å². The van der Waals surface area contributed by atoms with Crippen LogP contribution in [0.2, 0.25) is 4.75 Å². The topological polar surface area (TPSA) is 0 Å². The first-order valence-corrected chi connectivity index (χ1v) is 11.0. The first-order chi connectivity index (χ1) is 8.88. The van der Waals surface area contributed by atoms with Crippen molar-refractivity contribution in [2.45, 2.75) is 4.75 Å². The van der Waals surface area contributed by atoms with E-state index in [1.54, 1.807) is 0 Å². The molecule has 18 heavy (non-hydrogen) atoms. The fraction of sp³-hybridized carbons (Fsp3) is 0.0625. The van der Waals surface area contributed by atoms with E-state index in [4.69, 9.17) is 10.0 Å². The van der Waals surface area contributed by atoms with E-state index in [-0.39, 0.29) is 0 Å². The molecule has 0 spiro atoms. The molecule has 2 heteroatoms. The van der Waals surface area contributed by atoms with Gasteiger partial charge in [0.05, 0.1) is 0 Å². The van der Waals surface area contributed by atoms with Crippen LogP contribution >= 0.6 is 10.0 Å². The standard InChI is InChI=1S/C11H10ClGe.C5H5/c12-13(11-8-4-5-9-11)10-6-2-1-3-7-10;1-2-4-5-3-1/h1-9,11H;1-5H/q;-1. The second kappa shape index (κ2) is 7.35. The number of rotatable bonds is 2. The normalized spacial score (nSPS) is 13.7. The molecule has 0 heterocycles. The molecule has 0 atom stereocenters. The van der Waals surface area contributed by atoms with Gasteiger partial charge in [-0.3, -0.25) is 0 Å². The van der Waals surface area contributed by atoms with E-state index in [9.17, 15) is 0 Å². The number of halogens is 1. The molecule has 0 bridgehead atoms. The van der Waals surface area contributed by atoms with Crippen LogP contribution in [0.15, 0.2) is 85.0 Å². The van der Waals surface area contributed by atoms with Gasteiger partial charge in [-0.1, -0.05) is 0 Å². The Kier molecular flexibility index (Phi) is 5.44. The van der Waals surface area contributed by atoms with Crippen molar-refractivity contribution in [3.63, 3.8) is 0 Å². The molecule has 0 fully saturated rings. The molecule has 3 rings (SSSR count). The van der Waals surface area contributed by atoms with Crippen LogP contribution in [0.25, 0.3) is 0 Å². The third-order valence-electron chi connectivity index (χ3n) is 2.65. The third-order valence-corrected chi connectivity index (χ3v) is 8.98. The molecule has 91 valence electrons. The number of hydrogen-bond donors (Lipinski definition) is 0. The Labute approximate surface area is 117 Å². The Morgan fingerprint density at radius 1 is 0.889 bits per heavy atom. The maximum atomic E-state index is 6.48. The largest absolute Gasteiger partial charge is 0.214 e. The zero-order chi connectivity index (χ0) is 12.6. The molecule has 0 saturated heterocycles. The van der Waals surface area contributed by atoms with E-state index in [1.165, 1.54) is 4.40 Å². The van der Waals surface area contributed by atoms with Gasteiger partial charge < -0.3 is 0 Å². The molecule has 2 aromatic rings. The summed E-state index contributed by atoms with van der Waals surface area (Å²) in [5, 5.41) is 0. The average Bonchev–Trinajstić information content (AvgIpc) is 3.14. The second-order valence-electron chi connectivity index (χ2n) is 3.97. The van der Waals surface area contributed by atoms with Crippen molar-refractivity contribution < 1.29 is 0 Å². The summed E-state index contributed by atoms with van der Waals surface area (Å²) in [7, 11) is 6.48. The van der Waals surface area contributed by atoms with Gasteiger partial charge in [0.15, 0.2) is 0 Å². The van der Waals surface area contributed by atoms with Crippen LogP contribution in [-0.4, -0.2) is 13.4 Å². The molecule has 0 nitrogen and oxygen atoms in total. The zero-order valence-electron chi connectivity index (χ0n) is 10.0. The maximum absolute atomic E-state index is 6.48. The third kappa shape index (κ3) is 3.97. The Morgan fingerprint density at radius 3 is 2.00 bits per heavy atom. The van der Waals surface area contributed by atoms with Crippen LogP contribution in [-0.2, 0) is 0 Å². The predicted molar refractivity (Wildman–Crippen MR) is 81.7 cm³/mol. The van der Waals surface area contributed by atoms with Gasteiger partial charge in [0.1, 0.15) is 0 Å². The van der Waals surface area contributed by atoms with E-state index in [1.807, 2.05) is 36.4 Å². The van der Waals surface area contributed by atoms with Crippen molar-refractivity contribution >= 4 is 27.8 Å². The van der Waals surface area contributed by atoms with E-state index in [0.29, 0.717) is 4.75 Å². The minimum absolute atomic E-state index is 0.518. The maximum Gasteiger partial charge on any atom is -0.172 e. The minimum atomic E-state index is -1.59. The van der Waals surface area contributed by atoms with Crippen LogP contribution in [0.1, 0.15) is 0 Å². The first-order valence-electron chi connectivity index (χ1n) is 5.97. The minimum Gasteiger partial charge on any atom is -0.214 e. The van der Waals surface area contributed by atoms with Crippen LogP contribution in [0.3, 0.4) is 0 Å². The van der Waals surface area contributed by atoms with Crippen molar-refractivity contribution in [2.75, 3.05) is 0 Å². The van der Waals surface area contributed by atoms with Crippen LogP contribution in [0.4, 0.5) is 0 Å². The molecule has 0 saturated carbocycles. The molecule has 1 aliphatic rings. The van der Waals surface area contributed by atoms with Crippen LogP contribution in [0, 0.1) is 0 Å². The summed E-state index contributed by atoms with van der Waals surface area (Å²) in [4.78, 5) is 0. The monoisotopic (exact) mass is 316 g/mol. The summed E-state index contributed by atoms with van der Waals surface area (Å²) in [6.45, 7) is 0. The molecule has 0 unspecified atom stereocenters. The molecule has 0 aromatic heterocycles. The van der Waals surface area contributed by atoms with Crippen molar-refractivity contribution in [1.29, 1.82) is 0 Å². The molecule has 2 aromatic carbocycles. The van der Waals surface area contributed by atoms with E-state index in [0.717, 1.165) is 0 Å². The molecular formula is C16H15ClGe-. The van der Waals surface area contributed by atoms with Crippen molar-refractivity contribution in [3.8, 4) is 0 Å². The molecule has 0 aliphatic heterocycles. The fourth-order valence-corrected chi connectivity index (χ4v) is 6.18. The van der Waals surface area contributed by atoms with Gasteiger partial charge in [0.25, 0.3) is 0 Å². The quantitative estimate of drug-likeness (QED) is 0.580. The summed E-state index contributed by atoms with van der Waals surface area (Å²) >= 11 is -1.59. The van der Waals surface area contributed by atoms with Crippen molar-refractivity contribution in [1.82, 2.24) is 0 Å². The predicted octanol–water partition coefficient (Wildman–Crippen LogP) is 4.03. The Bertz CT molecular complexity index is 456. The van der Waals surface area contributed by atoms with Gasteiger partial charge >= 0.3 is 87.2 Å². The van der Waals surface area contributed by atoms with E-state index < -0.39 is 13.4 Å². The van der Waals surface area contributed by atoms with Crippen molar-refractivity contribution in [3.05, 3.63) is 85.0 Å². The summed E-state index contributed by atoms with van der Waals surface area (Å²) in [5.41, 5.74) is 0. The Morgan fingerprint density at radius 2 is 1.50 bits per heavy atom. The average molecular weight is 315 g/mol. The summed E-state index contributed by atoms with van der Waals surface area (Å²) in [6, 6.07) is 20.4. The molecular weight excluding hydrogens is 300 g/mol. The van der Waals surface area contributed by atoms with E-state index in [2.05, 4.69) is 48.6 Å². The zero-order valence-corrected chi connectivity index (χ0v) is 12.9. The molecule has 1 aliphatic carbocycles. The molecule has 0 amide bonds. The summed E-state index contributed by atoms with van der Waals surface area (Å²) in [6.07, 6.45) is 8.58. The van der Waals surface area contributed by atoms with Gasteiger partial charge in [0.2, 0.25) is 0 Å². The van der Waals surface area contributed by atoms with Crippen LogP contribution in [0.5, 0.6) is 0 Å². The number of hydrogen-bond acceptors (Lipinski definition) is 0. The van der Waals surface area contributed by atoms with Gasteiger partial charge in [0, 0.05) is 0 Å². The van der Waals surface area contributed by atoms with Gasteiger partial charge in [-0.25, -0.2) is 12.1 Å². The smallest absolute Gasteiger partial charge is 0.172 e. The Hall–Kier alpha value is -1.12. The van der Waals surface area contributed by atoms with Crippen LogP contribution < -0.4 is 4.40 Å². The molecule has 1 radical (unpaired) electrons. The van der Waals surface area contributed by atoms with E-state index >= 15 is 0 Å². The SMILES string of the molecule is [Cl][Ge]([c]1ccccc1)[CH]1C=CC=C1.c1cc[cH-]c1. The number of allylic oxidation sites excluding steroid dienone is 4. The first kappa shape index (κ1) is 13.3. The summed E-state index contributed by atoms with van der Waals surface area (Å²) in [5.74, 6) is 0. The number of benzene rings is 1. The molecule has 0 N–H and O–H groups in total. The summed E-state index contributed by atoms with van der Waals surface area (Å²) < 4.78 is 1.87. The van der Waals surface area contributed by atoms with Gasteiger partial charge in [-0.05, 0) is 0 Å². The van der Waals surface area contributed by atoms with Gasteiger partial charge in [-0.15, -0.1) is 0 Å². The fourth-order valence-electron chi connectivity index (χ4n) is 1.71. The Balaban J connectivity index is 0.000000202. The second-order valence-corrected chi connectivity index (χ2v) is 10.2. The van der Waals surface area contributed by atoms with Gasteiger partial charge in [-0.2, -0.15) is 18.2 Å².